The van der Waals surface area contributed by atoms with Gasteiger partial charge in [0.1, 0.15) is 6.61 Å². The van der Waals surface area contributed by atoms with Crippen molar-refractivity contribution in [3.8, 4) is 0 Å². The van der Waals surface area contributed by atoms with E-state index in [4.69, 9.17) is 15.2 Å². The molecule has 100 valence electrons. The molecule has 0 unspecified atom stereocenters. The van der Waals surface area contributed by atoms with Gasteiger partial charge in [0, 0.05) is 20.2 Å². The summed E-state index contributed by atoms with van der Waals surface area (Å²) in [6, 6.07) is 7.77. The molecule has 0 saturated heterocycles. The van der Waals surface area contributed by atoms with Crippen LogP contribution in [0, 0.1) is 0 Å². The number of carbonyl (C=O) groups excluding carboxylic acids is 1. The SMILES string of the molecule is COCCOCC(=O)NCc1ccccc1CN. The summed E-state index contributed by atoms with van der Waals surface area (Å²) >= 11 is 0. The third kappa shape index (κ3) is 5.27. The number of ether oxygens (including phenoxy) is 2. The third-order valence-electron chi connectivity index (χ3n) is 2.48. The predicted molar refractivity (Wildman–Crippen MR) is 68.9 cm³/mol. The topological polar surface area (TPSA) is 73.6 Å². The summed E-state index contributed by atoms with van der Waals surface area (Å²) in [7, 11) is 1.59. The predicted octanol–water partition coefficient (Wildman–Crippen LogP) is 0.425. The number of hydrogen-bond acceptors (Lipinski definition) is 4. The Hall–Kier alpha value is -1.43. The average Bonchev–Trinajstić information content (AvgIpc) is 2.41. The fourth-order valence-electron chi connectivity index (χ4n) is 1.48. The molecule has 3 N–H and O–H groups in total. The van der Waals surface area contributed by atoms with Gasteiger partial charge in [0.15, 0.2) is 0 Å². The van der Waals surface area contributed by atoms with Gasteiger partial charge in [-0.3, -0.25) is 4.79 Å². The lowest BCUT2D eigenvalue weighted by Crippen LogP contribution is -2.28. The van der Waals surface area contributed by atoms with E-state index in [9.17, 15) is 4.79 Å². The lowest BCUT2D eigenvalue weighted by Gasteiger charge is -2.09. The first-order valence-electron chi connectivity index (χ1n) is 5.88. The number of nitrogens with one attached hydrogen (secondary N) is 1. The summed E-state index contributed by atoms with van der Waals surface area (Å²) in [4.78, 5) is 11.5. The maximum atomic E-state index is 11.5. The minimum atomic E-state index is -0.141. The van der Waals surface area contributed by atoms with E-state index in [0.29, 0.717) is 26.3 Å². The Labute approximate surface area is 107 Å². The van der Waals surface area contributed by atoms with Crippen molar-refractivity contribution >= 4 is 5.91 Å². The third-order valence-corrected chi connectivity index (χ3v) is 2.48. The van der Waals surface area contributed by atoms with Gasteiger partial charge in [-0.15, -0.1) is 0 Å². The van der Waals surface area contributed by atoms with Crippen LogP contribution in [0.25, 0.3) is 0 Å². The highest BCUT2D eigenvalue weighted by Crippen LogP contribution is 2.07. The quantitative estimate of drug-likeness (QED) is 0.658. The van der Waals surface area contributed by atoms with Gasteiger partial charge in [-0.1, -0.05) is 24.3 Å². The van der Waals surface area contributed by atoms with Crippen molar-refractivity contribution in [2.45, 2.75) is 13.1 Å². The number of benzene rings is 1. The van der Waals surface area contributed by atoms with Crippen molar-refractivity contribution in [2.24, 2.45) is 5.73 Å². The largest absolute Gasteiger partial charge is 0.382 e. The molecule has 5 heteroatoms. The molecule has 0 aliphatic rings. The number of rotatable bonds is 8. The molecule has 18 heavy (non-hydrogen) atoms. The van der Waals surface area contributed by atoms with Crippen LogP contribution in [-0.2, 0) is 27.4 Å². The molecular formula is C13H20N2O3. The summed E-state index contributed by atoms with van der Waals surface area (Å²) in [5.74, 6) is -0.141. The molecule has 1 amide bonds. The molecule has 0 atom stereocenters. The molecule has 1 rings (SSSR count). The van der Waals surface area contributed by atoms with E-state index in [2.05, 4.69) is 5.32 Å². The molecule has 0 aliphatic carbocycles. The van der Waals surface area contributed by atoms with Crippen LogP contribution in [0.5, 0.6) is 0 Å². The highest BCUT2D eigenvalue weighted by molar-refractivity contribution is 5.77. The van der Waals surface area contributed by atoms with Crippen LogP contribution in [0.4, 0.5) is 0 Å². The second-order valence-corrected chi connectivity index (χ2v) is 3.79. The first kappa shape index (κ1) is 14.6. The Morgan fingerprint density at radius 2 is 2.00 bits per heavy atom. The van der Waals surface area contributed by atoms with Gasteiger partial charge >= 0.3 is 0 Å². The van der Waals surface area contributed by atoms with Gasteiger partial charge in [0.05, 0.1) is 13.2 Å². The van der Waals surface area contributed by atoms with Gasteiger partial charge in [-0.05, 0) is 11.1 Å². The zero-order valence-corrected chi connectivity index (χ0v) is 10.6. The first-order valence-corrected chi connectivity index (χ1v) is 5.88. The second-order valence-electron chi connectivity index (χ2n) is 3.79. The van der Waals surface area contributed by atoms with E-state index in [-0.39, 0.29) is 12.5 Å². The van der Waals surface area contributed by atoms with Crippen LogP contribution < -0.4 is 11.1 Å². The van der Waals surface area contributed by atoms with E-state index in [1.807, 2.05) is 24.3 Å². The van der Waals surface area contributed by atoms with E-state index in [0.717, 1.165) is 11.1 Å². The Balaban J connectivity index is 2.29. The molecule has 1 aromatic carbocycles. The van der Waals surface area contributed by atoms with Crippen LogP contribution in [0.1, 0.15) is 11.1 Å². The molecule has 0 fully saturated rings. The number of carbonyl (C=O) groups is 1. The van der Waals surface area contributed by atoms with Crippen molar-refractivity contribution in [1.82, 2.24) is 5.32 Å². The smallest absolute Gasteiger partial charge is 0.246 e. The van der Waals surface area contributed by atoms with Gasteiger partial charge in [0.2, 0.25) is 5.91 Å². The summed E-state index contributed by atoms with van der Waals surface area (Å²) in [6.45, 7) is 1.90. The first-order chi connectivity index (χ1) is 8.77. The monoisotopic (exact) mass is 252 g/mol. The van der Waals surface area contributed by atoms with Gasteiger partial charge < -0.3 is 20.5 Å². The number of methoxy groups -OCH3 is 1. The van der Waals surface area contributed by atoms with Gasteiger partial charge in [-0.2, -0.15) is 0 Å². The number of nitrogens with two attached hydrogens (primary N) is 1. The number of hydrogen-bond donors (Lipinski definition) is 2. The normalized spacial score (nSPS) is 10.3. The molecule has 0 spiro atoms. The van der Waals surface area contributed by atoms with E-state index < -0.39 is 0 Å². The Kier molecular flexibility index (Phi) is 7.01. The van der Waals surface area contributed by atoms with Crippen molar-refractivity contribution in [1.29, 1.82) is 0 Å². The van der Waals surface area contributed by atoms with Gasteiger partial charge in [-0.25, -0.2) is 0 Å². The molecule has 0 heterocycles. The summed E-state index contributed by atoms with van der Waals surface area (Å²) in [5.41, 5.74) is 7.69. The van der Waals surface area contributed by atoms with E-state index in [1.165, 1.54) is 0 Å². The molecule has 0 aromatic heterocycles. The molecule has 0 saturated carbocycles. The maximum Gasteiger partial charge on any atom is 0.246 e. The fourth-order valence-corrected chi connectivity index (χ4v) is 1.48. The zero-order chi connectivity index (χ0) is 13.2. The summed E-state index contributed by atoms with van der Waals surface area (Å²) in [6.07, 6.45) is 0. The minimum absolute atomic E-state index is 0.0498. The highest BCUT2D eigenvalue weighted by Gasteiger charge is 2.03. The molecule has 1 aromatic rings. The number of amides is 1. The standard InChI is InChI=1S/C13H20N2O3/c1-17-6-7-18-10-13(16)15-9-12-5-3-2-4-11(12)8-14/h2-5H,6-10,14H2,1H3,(H,15,16). The van der Waals surface area contributed by atoms with Gasteiger partial charge in [0.25, 0.3) is 0 Å². The maximum absolute atomic E-state index is 11.5. The molecular weight excluding hydrogens is 232 g/mol. The van der Waals surface area contributed by atoms with E-state index in [1.54, 1.807) is 7.11 Å². The summed E-state index contributed by atoms with van der Waals surface area (Å²) in [5, 5.41) is 2.79. The van der Waals surface area contributed by atoms with Crippen LogP contribution in [0.2, 0.25) is 0 Å². The lowest BCUT2D eigenvalue weighted by molar-refractivity contribution is -0.126. The van der Waals surface area contributed by atoms with E-state index >= 15 is 0 Å². The second kappa shape index (κ2) is 8.63. The molecule has 0 aliphatic heterocycles. The zero-order valence-electron chi connectivity index (χ0n) is 10.6. The fraction of sp³-hybridized carbons (Fsp3) is 0.462. The van der Waals surface area contributed by atoms with Crippen molar-refractivity contribution in [3.05, 3.63) is 35.4 Å². The average molecular weight is 252 g/mol. The highest BCUT2D eigenvalue weighted by atomic mass is 16.5. The lowest BCUT2D eigenvalue weighted by atomic mass is 10.1. The molecule has 0 radical (unpaired) electrons. The minimum Gasteiger partial charge on any atom is -0.382 e. The Bertz CT molecular complexity index is 369. The molecule has 0 bridgehead atoms. The van der Waals surface area contributed by atoms with Crippen molar-refractivity contribution in [2.75, 3.05) is 26.9 Å². The van der Waals surface area contributed by atoms with Crippen molar-refractivity contribution < 1.29 is 14.3 Å². The summed E-state index contributed by atoms with van der Waals surface area (Å²) < 4.78 is 9.93. The Morgan fingerprint density at radius 3 is 2.67 bits per heavy atom. The van der Waals surface area contributed by atoms with Crippen LogP contribution in [0.3, 0.4) is 0 Å². The molecule has 5 nitrogen and oxygen atoms in total. The van der Waals surface area contributed by atoms with Crippen molar-refractivity contribution in [3.63, 3.8) is 0 Å². The van der Waals surface area contributed by atoms with Crippen LogP contribution >= 0.6 is 0 Å². The Morgan fingerprint density at radius 1 is 1.28 bits per heavy atom. The van der Waals surface area contributed by atoms with Crippen LogP contribution in [-0.4, -0.2) is 32.8 Å². The van der Waals surface area contributed by atoms with Crippen LogP contribution in [0.15, 0.2) is 24.3 Å².